The van der Waals surface area contributed by atoms with E-state index in [1.54, 1.807) is 31.2 Å². The van der Waals surface area contributed by atoms with Crippen LogP contribution in [0.25, 0.3) is 0 Å². The number of hydrogen-bond donors (Lipinski definition) is 2. The summed E-state index contributed by atoms with van der Waals surface area (Å²) in [6.45, 7) is 2.54. The zero-order valence-electron chi connectivity index (χ0n) is 19.6. The maximum Gasteiger partial charge on any atom is 0.247 e. The topological polar surface area (TPSA) is 116 Å². The van der Waals surface area contributed by atoms with Crippen LogP contribution in [0.5, 0.6) is 0 Å². The zero-order valence-corrected chi connectivity index (χ0v) is 20.4. The van der Waals surface area contributed by atoms with Gasteiger partial charge in [-0.2, -0.15) is 4.31 Å². The summed E-state index contributed by atoms with van der Waals surface area (Å²) in [6.07, 6.45) is 8.33. The summed E-state index contributed by atoms with van der Waals surface area (Å²) in [6, 6.07) is 6.61. The van der Waals surface area contributed by atoms with Crippen LogP contribution in [-0.4, -0.2) is 61.4 Å². The Morgan fingerprint density at radius 2 is 1.61 bits per heavy atom. The number of piperazine rings is 1. The summed E-state index contributed by atoms with van der Waals surface area (Å²) in [5, 5.41) is 5.79. The van der Waals surface area contributed by atoms with Crippen LogP contribution in [-0.2, 0) is 24.4 Å². The molecule has 1 heterocycles. The zero-order chi connectivity index (χ0) is 24.2. The van der Waals surface area contributed by atoms with Gasteiger partial charge in [0.15, 0.2) is 0 Å². The van der Waals surface area contributed by atoms with Crippen molar-refractivity contribution in [2.45, 2.75) is 70.4 Å². The van der Waals surface area contributed by atoms with Crippen LogP contribution in [0.1, 0.15) is 58.8 Å². The van der Waals surface area contributed by atoms with Gasteiger partial charge in [-0.05, 0) is 44.0 Å². The third kappa shape index (κ3) is 6.11. The second-order valence-corrected chi connectivity index (χ2v) is 11.3. The lowest BCUT2D eigenvalue weighted by molar-refractivity contribution is -0.133. The van der Waals surface area contributed by atoms with Gasteiger partial charge in [0.05, 0.1) is 12.8 Å². The van der Waals surface area contributed by atoms with Crippen molar-refractivity contribution >= 4 is 39.1 Å². The summed E-state index contributed by atoms with van der Waals surface area (Å²) < 4.78 is 25.6. The van der Waals surface area contributed by atoms with Crippen LogP contribution < -0.4 is 15.5 Å². The monoisotopic (exact) mass is 478 g/mol. The van der Waals surface area contributed by atoms with Gasteiger partial charge in [0.25, 0.3) is 0 Å². The van der Waals surface area contributed by atoms with E-state index in [-0.39, 0.29) is 30.9 Å². The fourth-order valence-corrected chi connectivity index (χ4v) is 5.47. The second kappa shape index (κ2) is 10.2. The Morgan fingerprint density at radius 1 is 1.03 bits per heavy atom. The molecule has 1 saturated heterocycles. The lowest BCUT2D eigenvalue weighted by Crippen LogP contribution is -2.70. The van der Waals surface area contributed by atoms with E-state index in [0.717, 1.165) is 49.1 Å². The predicted octanol–water partition coefficient (Wildman–Crippen LogP) is 2.24. The molecule has 33 heavy (non-hydrogen) atoms. The highest BCUT2D eigenvalue weighted by atomic mass is 32.2. The lowest BCUT2D eigenvalue weighted by Gasteiger charge is -2.47. The Labute approximate surface area is 195 Å². The molecule has 10 heteroatoms. The molecule has 1 aromatic carbocycles. The molecule has 1 aromatic rings. The average Bonchev–Trinajstić information content (AvgIpc) is 2.69. The first-order chi connectivity index (χ1) is 15.5. The smallest absolute Gasteiger partial charge is 0.247 e. The molecule has 0 radical (unpaired) electrons. The van der Waals surface area contributed by atoms with E-state index in [9.17, 15) is 22.8 Å². The number of benzene rings is 1. The maximum absolute atomic E-state index is 13.6. The lowest BCUT2D eigenvalue weighted by atomic mass is 9.92. The van der Waals surface area contributed by atoms with E-state index >= 15 is 0 Å². The van der Waals surface area contributed by atoms with E-state index in [0.29, 0.717) is 11.4 Å². The molecule has 182 valence electrons. The van der Waals surface area contributed by atoms with Crippen LogP contribution in [0.2, 0.25) is 0 Å². The van der Waals surface area contributed by atoms with Crippen LogP contribution in [0.15, 0.2) is 24.3 Å². The number of carbonyl (C=O) groups is 3. The molecule has 1 aliphatic heterocycles. The van der Waals surface area contributed by atoms with Crippen molar-refractivity contribution in [2.75, 3.05) is 29.6 Å². The Bertz CT molecular complexity index is 987. The first-order valence-electron chi connectivity index (χ1n) is 11.5. The number of rotatable bonds is 5. The minimum atomic E-state index is -3.67. The highest BCUT2D eigenvalue weighted by Crippen LogP contribution is 2.32. The Balaban J connectivity index is 1.92. The predicted molar refractivity (Wildman–Crippen MR) is 127 cm³/mol. The van der Waals surface area contributed by atoms with Gasteiger partial charge < -0.3 is 10.6 Å². The number of nitrogens with one attached hydrogen (secondary N) is 2. The molecule has 3 amide bonds. The molecular weight excluding hydrogens is 444 g/mol. The molecule has 0 spiro atoms. The standard InChI is InChI=1S/C23H34N4O5S/c1-17(28)24-19-11-13-20(14-12-19)27-21(29)15-26(33(3,31)32)16-23(27,2)22(30)25-18-9-7-5-4-6-8-10-18/h11-14,18H,4-10,15-16H2,1-3H3,(H,24,28)(H,25,30)/t23-/m1/s1. The highest BCUT2D eigenvalue weighted by molar-refractivity contribution is 7.88. The number of nitrogens with zero attached hydrogens (tertiary/aromatic N) is 2. The molecule has 2 N–H and O–H groups in total. The van der Waals surface area contributed by atoms with Gasteiger partial charge in [-0.3, -0.25) is 19.3 Å². The minimum absolute atomic E-state index is 0.00216. The Hall–Kier alpha value is -2.46. The number of carbonyl (C=O) groups excluding carboxylic acids is 3. The molecule has 1 saturated carbocycles. The van der Waals surface area contributed by atoms with E-state index in [2.05, 4.69) is 10.6 Å². The quantitative estimate of drug-likeness (QED) is 0.673. The maximum atomic E-state index is 13.6. The Morgan fingerprint density at radius 3 is 2.15 bits per heavy atom. The number of anilines is 2. The van der Waals surface area contributed by atoms with Crippen molar-refractivity contribution in [3.05, 3.63) is 24.3 Å². The van der Waals surface area contributed by atoms with Crippen molar-refractivity contribution in [2.24, 2.45) is 0 Å². The molecule has 1 atom stereocenters. The summed E-state index contributed by atoms with van der Waals surface area (Å²) in [5.41, 5.74) is -0.386. The Kier molecular flexibility index (Phi) is 7.79. The van der Waals surface area contributed by atoms with Gasteiger partial charge in [0.2, 0.25) is 27.7 Å². The van der Waals surface area contributed by atoms with Crippen LogP contribution in [0, 0.1) is 0 Å². The molecular formula is C23H34N4O5S. The van der Waals surface area contributed by atoms with Crippen LogP contribution in [0.4, 0.5) is 11.4 Å². The third-order valence-electron chi connectivity index (χ3n) is 6.38. The SMILES string of the molecule is CC(=O)Nc1ccc(N2C(=O)CN(S(C)(=O)=O)C[C@]2(C)C(=O)NC2CCCCCCC2)cc1. The van der Waals surface area contributed by atoms with Crippen molar-refractivity contribution in [3.63, 3.8) is 0 Å². The van der Waals surface area contributed by atoms with Gasteiger partial charge in [-0.15, -0.1) is 0 Å². The normalized spacial score (nSPS) is 23.5. The molecule has 0 bridgehead atoms. The van der Waals surface area contributed by atoms with E-state index in [1.165, 1.54) is 18.2 Å². The van der Waals surface area contributed by atoms with E-state index < -0.39 is 21.5 Å². The van der Waals surface area contributed by atoms with Gasteiger partial charge >= 0.3 is 0 Å². The highest BCUT2D eigenvalue weighted by Gasteiger charge is 2.50. The molecule has 2 aliphatic rings. The number of amides is 3. The molecule has 2 fully saturated rings. The summed E-state index contributed by atoms with van der Waals surface area (Å²) >= 11 is 0. The van der Waals surface area contributed by atoms with E-state index in [4.69, 9.17) is 0 Å². The van der Waals surface area contributed by atoms with Crippen LogP contribution in [0.3, 0.4) is 0 Å². The minimum Gasteiger partial charge on any atom is -0.351 e. The number of hydrogen-bond acceptors (Lipinski definition) is 5. The van der Waals surface area contributed by atoms with Gasteiger partial charge in [0.1, 0.15) is 5.54 Å². The summed E-state index contributed by atoms with van der Waals surface area (Å²) in [4.78, 5) is 39.5. The third-order valence-corrected chi connectivity index (χ3v) is 7.58. The van der Waals surface area contributed by atoms with Crippen molar-refractivity contribution in [3.8, 4) is 0 Å². The summed E-state index contributed by atoms with van der Waals surface area (Å²) in [5.74, 6) is -1.06. The average molecular weight is 479 g/mol. The first-order valence-corrected chi connectivity index (χ1v) is 13.3. The van der Waals surface area contributed by atoms with Crippen molar-refractivity contribution < 1.29 is 22.8 Å². The largest absolute Gasteiger partial charge is 0.351 e. The van der Waals surface area contributed by atoms with Crippen LogP contribution >= 0.6 is 0 Å². The van der Waals surface area contributed by atoms with Crippen molar-refractivity contribution in [1.29, 1.82) is 0 Å². The molecule has 0 unspecified atom stereocenters. The number of sulfonamides is 1. The van der Waals surface area contributed by atoms with Gasteiger partial charge in [-0.1, -0.05) is 32.1 Å². The molecule has 1 aliphatic carbocycles. The fraction of sp³-hybridized carbons (Fsp3) is 0.609. The van der Waals surface area contributed by atoms with Gasteiger partial charge in [0, 0.05) is 30.9 Å². The van der Waals surface area contributed by atoms with Crippen molar-refractivity contribution in [1.82, 2.24) is 9.62 Å². The first kappa shape index (κ1) is 25.2. The van der Waals surface area contributed by atoms with E-state index in [1.807, 2.05) is 0 Å². The van der Waals surface area contributed by atoms with Gasteiger partial charge in [-0.25, -0.2) is 8.42 Å². The second-order valence-electron chi connectivity index (χ2n) is 9.28. The molecule has 0 aromatic heterocycles. The summed E-state index contributed by atoms with van der Waals surface area (Å²) in [7, 11) is -3.67. The molecule has 9 nitrogen and oxygen atoms in total. The fourth-order valence-electron chi connectivity index (χ4n) is 4.64. The molecule has 3 rings (SSSR count).